The van der Waals surface area contributed by atoms with Crippen LogP contribution in [0.5, 0.6) is 0 Å². The second-order valence-corrected chi connectivity index (χ2v) is 8.76. The number of benzene rings is 2. The van der Waals surface area contributed by atoms with Gasteiger partial charge in [0.05, 0.1) is 5.69 Å². The van der Waals surface area contributed by atoms with E-state index in [1.165, 1.54) is 21.8 Å². The third-order valence-electron chi connectivity index (χ3n) is 5.53. The standard InChI is InChI=1S/C24H25NO3S/c1-3-25(20-10-6-8-17-7-4-5-9-19(17)20)23(26)15-28-24(27)22-14-18-13-16(2)11-12-21(18)29-22/h4-10,14,16H,3,11-13,15H2,1-2H3. The van der Waals surface area contributed by atoms with Crippen molar-refractivity contribution in [3.8, 4) is 0 Å². The highest BCUT2D eigenvalue weighted by atomic mass is 32.1. The number of hydrogen-bond acceptors (Lipinski definition) is 4. The molecule has 1 amide bonds. The van der Waals surface area contributed by atoms with Gasteiger partial charge in [0.25, 0.3) is 5.91 Å². The van der Waals surface area contributed by atoms with E-state index >= 15 is 0 Å². The normalized spacial score (nSPS) is 15.7. The van der Waals surface area contributed by atoms with Crippen molar-refractivity contribution in [3.05, 3.63) is 63.8 Å². The van der Waals surface area contributed by atoms with Crippen molar-refractivity contribution in [1.82, 2.24) is 0 Å². The molecule has 1 aliphatic rings. The fraction of sp³-hybridized carbons (Fsp3) is 0.333. The number of esters is 1. The number of amides is 1. The summed E-state index contributed by atoms with van der Waals surface area (Å²) in [6, 6.07) is 15.8. The van der Waals surface area contributed by atoms with Crippen LogP contribution in [0.15, 0.2) is 48.5 Å². The Morgan fingerprint density at radius 3 is 2.79 bits per heavy atom. The molecule has 0 bridgehead atoms. The van der Waals surface area contributed by atoms with Crippen molar-refractivity contribution >= 4 is 39.7 Å². The highest BCUT2D eigenvalue weighted by molar-refractivity contribution is 7.14. The number of nitrogens with zero attached hydrogens (tertiary/aromatic N) is 1. The Balaban J connectivity index is 1.46. The van der Waals surface area contributed by atoms with E-state index in [0.29, 0.717) is 17.3 Å². The van der Waals surface area contributed by atoms with Gasteiger partial charge in [-0.25, -0.2) is 4.79 Å². The van der Waals surface area contributed by atoms with E-state index in [0.717, 1.165) is 35.7 Å². The summed E-state index contributed by atoms with van der Waals surface area (Å²) in [4.78, 5) is 28.9. The maximum atomic E-state index is 12.8. The number of anilines is 1. The first-order valence-electron chi connectivity index (χ1n) is 10.1. The van der Waals surface area contributed by atoms with Gasteiger partial charge in [-0.1, -0.05) is 43.3 Å². The lowest BCUT2D eigenvalue weighted by Crippen LogP contribution is -2.34. The van der Waals surface area contributed by atoms with Crippen molar-refractivity contribution in [1.29, 1.82) is 0 Å². The first-order valence-corrected chi connectivity index (χ1v) is 10.9. The van der Waals surface area contributed by atoms with Gasteiger partial charge in [0.1, 0.15) is 4.88 Å². The number of rotatable bonds is 5. The molecule has 1 aliphatic carbocycles. The Morgan fingerprint density at radius 1 is 1.17 bits per heavy atom. The van der Waals surface area contributed by atoms with Gasteiger partial charge in [-0.3, -0.25) is 4.79 Å². The van der Waals surface area contributed by atoms with Gasteiger partial charge >= 0.3 is 5.97 Å². The molecular weight excluding hydrogens is 382 g/mol. The van der Waals surface area contributed by atoms with Crippen LogP contribution < -0.4 is 4.90 Å². The molecule has 0 aliphatic heterocycles. The van der Waals surface area contributed by atoms with Crippen molar-refractivity contribution in [2.45, 2.75) is 33.1 Å². The average molecular weight is 408 g/mol. The molecular formula is C24H25NO3S. The Kier molecular flexibility index (Phi) is 5.67. The number of likely N-dealkylation sites (N-methyl/N-ethyl adjacent to an activating group) is 1. The molecule has 0 fully saturated rings. The predicted molar refractivity (Wildman–Crippen MR) is 118 cm³/mol. The van der Waals surface area contributed by atoms with E-state index in [4.69, 9.17) is 4.74 Å². The second-order valence-electron chi connectivity index (χ2n) is 7.62. The average Bonchev–Trinajstić information content (AvgIpc) is 3.16. The fourth-order valence-corrected chi connectivity index (χ4v) is 5.11. The zero-order valence-electron chi connectivity index (χ0n) is 16.8. The first-order chi connectivity index (χ1) is 14.1. The molecule has 3 aromatic rings. The summed E-state index contributed by atoms with van der Waals surface area (Å²) in [6.45, 7) is 4.42. The largest absolute Gasteiger partial charge is 0.451 e. The predicted octanol–water partition coefficient (Wildman–Crippen LogP) is 5.24. The maximum Gasteiger partial charge on any atom is 0.348 e. The maximum absolute atomic E-state index is 12.8. The molecule has 2 aromatic carbocycles. The molecule has 5 heteroatoms. The number of thiophene rings is 1. The number of carbonyl (C=O) groups is 2. The SMILES string of the molecule is CCN(C(=O)COC(=O)c1cc2c(s1)CCC(C)C2)c1cccc2ccccc12. The summed E-state index contributed by atoms with van der Waals surface area (Å²) < 4.78 is 5.39. The lowest BCUT2D eigenvalue weighted by atomic mass is 9.90. The van der Waals surface area contributed by atoms with E-state index in [1.807, 2.05) is 55.5 Å². The van der Waals surface area contributed by atoms with Crippen LogP contribution >= 0.6 is 11.3 Å². The van der Waals surface area contributed by atoms with Crippen molar-refractivity contribution < 1.29 is 14.3 Å². The van der Waals surface area contributed by atoms with Crippen LogP contribution in [0.1, 0.15) is 40.4 Å². The summed E-state index contributed by atoms with van der Waals surface area (Å²) in [5, 5.41) is 2.09. The molecule has 0 saturated carbocycles. The van der Waals surface area contributed by atoms with Gasteiger partial charge in [-0.2, -0.15) is 0 Å². The molecule has 150 valence electrons. The fourth-order valence-electron chi connectivity index (χ4n) is 4.01. The van der Waals surface area contributed by atoms with E-state index in [-0.39, 0.29) is 12.5 Å². The second kappa shape index (κ2) is 8.37. The van der Waals surface area contributed by atoms with Gasteiger partial charge in [0, 0.05) is 16.8 Å². The molecule has 1 aromatic heterocycles. The van der Waals surface area contributed by atoms with E-state index in [1.54, 1.807) is 4.90 Å². The highest BCUT2D eigenvalue weighted by Gasteiger charge is 2.23. The molecule has 4 nitrogen and oxygen atoms in total. The van der Waals surface area contributed by atoms with Crippen LogP contribution in [0.2, 0.25) is 0 Å². The van der Waals surface area contributed by atoms with Gasteiger partial charge in [-0.05, 0) is 55.2 Å². The number of carbonyl (C=O) groups excluding carboxylic acids is 2. The topological polar surface area (TPSA) is 46.6 Å². The molecule has 0 radical (unpaired) electrons. The van der Waals surface area contributed by atoms with Crippen LogP contribution in [-0.2, 0) is 22.4 Å². The minimum atomic E-state index is -0.403. The quantitative estimate of drug-likeness (QED) is 0.544. The zero-order valence-corrected chi connectivity index (χ0v) is 17.6. The third kappa shape index (κ3) is 4.06. The monoisotopic (exact) mass is 407 g/mol. The highest BCUT2D eigenvalue weighted by Crippen LogP contribution is 2.32. The van der Waals surface area contributed by atoms with Gasteiger partial charge in [0.2, 0.25) is 0 Å². The molecule has 1 unspecified atom stereocenters. The van der Waals surface area contributed by atoms with Crippen LogP contribution in [0.3, 0.4) is 0 Å². The molecule has 0 N–H and O–H groups in total. The Labute approximate surface area is 175 Å². The van der Waals surface area contributed by atoms with Crippen LogP contribution in [0, 0.1) is 5.92 Å². The lowest BCUT2D eigenvalue weighted by molar-refractivity contribution is -0.121. The summed E-state index contributed by atoms with van der Waals surface area (Å²) in [5.41, 5.74) is 2.10. The summed E-state index contributed by atoms with van der Waals surface area (Å²) in [7, 11) is 0. The number of aryl methyl sites for hydroxylation is 1. The molecule has 4 rings (SSSR count). The summed E-state index contributed by atoms with van der Waals surface area (Å²) >= 11 is 1.51. The van der Waals surface area contributed by atoms with Gasteiger partial charge in [-0.15, -0.1) is 11.3 Å². The smallest absolute Gasteiger partial charge is 0.348 e. The first kappa shape index (κ1) is 19.6. The van der Waals surface area contributed by atoms with Crippen molar-refractivity contribution in [3.63, 3.8) is 0 Å². The third-order valence-corrected chi connectivity index (χ3v) is 6.75. The van der Waals surface area contributed by atoms with Crippen LogP contribution in [0.25, 0.3) is 10.8 Å². The van der Waals surface area contributed by atoms with Crippen LogP contribution in [0.4, 0.5) is 5.69 Å². The number of hydrogen-bond donors (Lipinski definition) is 0. The summed E-state index contributed by atoms with van der Waals surface area (Å²) in [6.07, 6.45) is 3.21. The number of ether oxygens (including phenoxy) is 1. The minimum absolute atomic E-state index is 0.216. The zero-order chi connectivity index (χ0) is 20.4. The molecule has 0 saturated heterocycles. The minimum Gasteiger partial charge on any atom is -0.451 e. The van der Waals surface area contributed by atoms with E-state index < -0.39 is 5.97 Å². The van der Waals surface area contributed by atoms with Gasteiger partial charge < -0.3 is 9.64 Å². The molecule has 1 atom stereocenters. The summed E-state index contributed by atoms with van der Waals surface area (Å²) in [5.74, 6) is 0.0351. The number of fused-ring (bicyclic) bond motifs is 2. The lowest BCUT2D eigenvalue weighted by Gasteiger charge is -2.22. The van der Waals surface area contributed by atoms with E-state index in [9.17, 15) is 9.59 Å². The Hall–Kier alpha value is -2.66. The molecule has 0 spiro atoms. The molecule has 29 heavy (non-hydrogen) atoms. The van der Waals surface area contributed by atoms with Crippen LogP contribution in [-0.4, -0.2) is 25.0 Å². The van der Waals surface area contributed by atoms with E-state index in [2.05, 4.69) is 6.92 Å². The van der Waals surface area contributed by atoms with Crippen molar-refractivity contribution in [2.75, 3.05) is 18.1 Å². The molecule has 1 heterocycles. The Bertz CT molecular complexity index is 1050. The van der Waals surface area contributed by atoms with Crippen molar-refractivity contribution in [2.24, 2.45) is 5.92 Å². The van der Waals surface area contributed by atoms with Gasteiger partial charge in [0.15, 0.2) is 6.61 Å². The Morgan fingerprint density at radius 2 is 1.97 bits per heavy atom.